The number of hydrogen-bond donors (Lipinski definition) is 1. The molecule has 4 rings (SSSR count). The molecule has 1 aliphatic rings. The Morgan fingerprint density at radius 3 is 2.70 bits per heavy atom. The maximum Gasteiger partial charge on any atom is 0.254 e. The Hall–Kier alpha value is -3.55. The molecule has 136 valence electrons. The molecule has 0 spiro atoms. The van der Waals surface area contributed by atoms with Crippen LogP contribution in [-0.4, -0.2) is 49.5 Å². The molecule has 27 heavy (non-hydrogen) atoms. The average molecular weight is 362 g/mol. The van der Waals surface area contributed by atoms with Crippen molar-refractivity contribution in [3.63, 3.8) is 0 Å². The summed E-state index contributed by atoms with van der Waals surface area (Å²) >= 11 is 0. The highest BCUT2D eigenvalue weighted by molar-refractivity contribution is 6.01. The number of amides is 2. The lowest BCUT2D eigenvalue weighted by molar-refractivity contribution is -0.119. The first-order valence-corrected chi connectivity index (χ1v) is 8.73. The molecule has 2 heterocycles. The van der Waals surface area contributed by atoms with Gasteiger partial charge in [0.05, 0.1) is 5.69 Å². The third-order valence-corrected chi connectivity index (χ3v) is 4.56. The number of rotatable bonds is 4. The molecule has 0 unspecified atom stereocenters. The van der Waals surface area contributed by atoms with Crippen LogP contribution in [0.15, 0.2) is 60.9 Å². The number of benzene rings is 2. The summed E-state index contributed by atoms with van der Waals surface area (Å²) in [6.07, 6.45) is 2.91. The molecule has 0 aliphatic carbocycles. The van der Waals surface area contributed by atoms with Gasteiger partial charge in [0, 0.05) is 17.8 Å². The third kappa shape index (κ3) is 3.55. The van der Waals surface area contributed by atoms with Crippen LogP contribution in [0.4, 0.5) is 5.69 Å². The lowest BCUT2D eigenvalue weighted by Crippen LogP contribution is -2.43. The molecule has 1 aliphatic heterocycles. The Labute approximate surface area is 155 Å². The molecule has 3 aromatic rings. The molecule has 8 nitrogen and oxygen atoms in total. The number of carbonyl (C=O) groups is 2. The Kier molecular flexibility index (Phi) is 4.61. The minimum absolute atomic E-state index is 0.163. The molecule has 1 fully saturated rings. The molecule has 1 saturated heterocycles. The van der Waals surface area contributed by atoms with Gasteiger partial charge >= 0.3 is 0 Å². The lowest BCUT2D eigenvalue weighted by Gasteiger charge is -2.24. The fourth-order valence-electron chi connectivity index (χ4n) is 3.26. The van der Waals surface area contributed by atoms with E-state index in [2.05, 4.69) is 20.8 Å². The second kappa shape index (κ2) is 7.36. The molecule has 1 atom stereocenters. The number of carbonyl (C=O) groups excluding carboxylic acids is 2. The summed E-state index contributed by atoms with van der Waals surface area (Å²) in [5, 5.41) is 14.0. The van der Waals surface area contributed by atoms with Crippen molar-refractivity contribution in [3.05, 3.63) is 66.5 Å². The van der Waals surface area contributed by atoms with Crippen molar-refractivity contribution in [3.8, 4) is 5.69 Å². The van der Waals surface area contributed by atoms with Crippen LogP contribution in [0.3, 0.4) is 0 Å². The van der Waals surface area contributed by atoms with E-state index in [1.165, 1.54) is 11.0 Å². The summed E-state index contributed by atoms with van der Waals surface area (Å²) in [5.74, 6) is -0.334. The molecule has 1 aromatic heterocycles. The standard InChI is InChI=1S/C19H18N6O2/c26-18(21-15-7-2-1-3-8-15)17-10-5-11-24(17)19(27)14-6-4-9-16(12-14)25-13-20-22-23-25/h1-4,6-9,12-13,17H,5,10-11H2,(H,21,26)/t17-/m1/s1. The number of tetrazole rings is 1. The highest BCUT2D eigenvalue weighted by Gasteiger charge is 2.34. The molecular weight excluding hydrogens is 344 g/mol. The van der Waals surface area contributed by atoms with Crippen LogP contribution in [0.1, 0.15) is 23.2 Å². The molecule has 1 N–H and O–H groups in total. The first kappa shape index (κ1) is 16.9. The van der Waals surface area contributed by atoms with Crippen LogP contribution < -0.4 is 5.32 Å². The normalized spacial score (nSPS) is 16.3. The van der Waals surface area contributed by atoms with Gasteiger partial charge in [-0.15, -0.1) is 5.10 Å². The number of hydrogen-bond acceptors (Lipinski definition) is 5. The first-order valence-electron chi connectivity index (χ1n) is 8.73. The fraction of sp³-hybridized carbons (Fsp3) is 0.211. The number of para-hydroxylation sites is 1. The Bertz CT molecular complexity index is 942. The smallest absolute Gasteiger partial charge is 0.254 e. The van der Waals surface area contributed by atoms with E-state index in [9.17, 15) is 9.59 Å². The van der Waals surface area contributed by atoms with Crippen LogP contribution in [0.2, 0.25) is 0 Å². The molecule has 8 heteroatoms. The summed E-state index contributed by atoms with van der Waals surface area (Å²) in [6, 6.07) is 15.8. The van der Waals surface area contributed by atoms with Gasteiger partial charge in [-0.05, 0) is 53.6 Å². The van der Waals surface area contributed by atoms with Crippen molar-refractivity contribution < 1.29 is 9.59 Å². The van der Waals surface area contributed by atoms with E-state index in [4.69, 9.17) is 0 Å². The first-order chi connectivity index (χ1) is 13.2. The quantitative estimate of drug-likeness (QED) is 0.765. The summed E-state index contributed by atoms with van der Waals surface area (Å²) in [4.78, 5) is 27.3. The Morgan fingerprint density at radius 1 is 1.07 bits per heavy atom. The van der Waals surface area contributed by atoms with Crippen LogP contribution >= 0.6 is 0 Å². The average Bonchev–Trinajstić information content (AvgIpc) is 3.40. The SMILES string of the molecule is O=C(Nc1ccccc1)[C@H]1CCCN1C(=O)c1cccc(-n2cnnn2)c1. The van der Waals surface area contributed by atoms with Gasteiger partial charge in [-0.1, -0.05) is 24.3 Å². The highest BCUT2D eigenvalue weighted by Crippen LogP contribution is 2.22. The second-order valence-corrected chi connectivity index (χ2v) is 6.32. The van der Waals surface area contributed by atoms with Gasteiger partial charge in [0.15, 0.2) is 0 Å². The van der Waals surface area contributed by atoms with Crippen LogP contribution in [0.25, 0.3) is 5.69 Å². The van der Waals surface area contributed by atoms with E-state index in [-0.39, 0.29) is 11.8 Å². The molecule has 2 aromatic carbocycles. The van der Waals surface area contributed by atoms with Gasteiger partial charge in [-0.3, -0.25) is 9.59 Å². The zero-order valence-corrected chi connectivity index (χ0v) is 14.5. The Morgan fingerprint density at radius 2 is 1.93 bits per heavy atom. The van der Waals surface area contributed by atoms with E-state index in [0.717, 1.165) is 12.1 Å². The van der Waals surface area contributed by atoms with Gasteiger partial charge in [-0.25, -0.2) is 4.68 Å². The van der Waals surface area contributed by atoms with Gasteiger partial charge < -0.3 is 10.2 Å². The number of aromatic nitrogens is 4. The van der Waals surface area contributed by atoms with Crippen molar-refractivity contribution in [2.24, 2.45) is 0 Å². The van der Waals surface area contributed by atoms with Crippen molar-refractivity contribution >= 4 is 17.5 Å². The highest BCUT2D eigenvalue weighted by atomic mass is 16.2. The molecular formula is C19H18N6O2. The maximum absolute atomic E-state index is 13.0. The molecule has 2 amide bonds. The largest absolute Gasteiger partial charge is 0.327 e. The zero-order valence-electron chi connectivity index (χ0n) is 14.5. The van der Waals surface area contributed by atoms with E-state index in [0.29, 0.717) is 24.2 Å². The van der Waals surface area contributed by atoms with E-state index >= 15 is 0 Å². The number of anilines is 1. The van der Waals surface area contributed by atoms with Crippen LogP contribution in [-0.2, 0) is 4.79 Å². The van der Waals surface area contributed by atoms with Crippen molar-refractivity contribution in [2.45, 2.75) is 18.9 Å². The van der Waals surface area contributed by atoms with E-state index < -0.39 is 6.04 Å². The van der Waals surface area contributed by atoms with E-state index in [1.54, 1.807) is 23.1 Å². The topological polar surface area (TPSA) is 93.0 Å². The van der Waals surface area contributed by atoms with Crippen LogP contribution in [0, 0.1) is 0 Å². The van der Waals surface area contributed by atoms with Crippen molar-refractivity contribution in [1.82, 2.24) is 25.1 Å². The molecule has 0 radical (unpaired) electrons. The fourth-order valence-corrected chi connectivity index (χ4v) is 3.26. The van der Waals surface area contributed by atoms with Gasteiger partial charge in [0.2, 0.25) is 5.91 Å². The number of nitrogens with one attached hydrogen (secondary N) is 1. The third-order valence-electron chi connectivity index (χ3n) is 4.56. The number of likely N-dealkylation sites (tertiary alicyclic amines) is 1. The van der Waals surface area contributed by atoms with Gasteiger partial charge in [-0.2, -0.15) is 0 Å². The number of nitrogens with zero attached hydrogens (tertiary/aromatic N) is 5. The molecule has 0 saturated carbocycles. The summed E-state index contributed by atoms with van der Waals surface area (Å²) in [6.45, 7) is 0.556. The van der Waals surface area contributed by atoms with Gasteiger partial charge in [0.25, 0.3) is 5.91 Å². The molecule has 0 bridgehead atoms. The zero-order chi connectivity index (χ0) is 18.6. The minimum atomic E-state index is -0.477. The van der Waals surface area contributed by atoms with Crippen molar-refractivity contribution in [2.75, 3.05) is 11.9 Å². The summed E-state index contributed by atoms with van der Waals surface area (Å²) in [5.41, 5.74) is 1.92. The lowest BCUT2D eigenvalue weighted by atomic mass is 10.1. The predicted octanol–water partition coefficient (Wildman–Crippen LogP) is 1.91. The van der Waals surface area contributed by atoms with Crippen LogP contribution in [0.5, 0.6) is 0 Å². The summed E-state index contributed by atoms with van der Waals surface area (Å²) in [7, 11) is 0. The Balaban J connectivity index is 1.52. The maximum atomic E-state index is 13.0. The predicted molar refractivity (Wildman–Crippen MR) is 98.3 cm³/mol. The summed E-state index contributed by atoms with van der Waals surface area (Å²) < 4.78 is 1.49. The van der Waals surface area contributed by atoms with Crippen molar-refractivity contribution in [1.29, 1.82) is 0 Å². The minimum Gasteiger partial charge on any atom is -0.327 e. The second-order valence-electron chi connectivity index (χ2n) is 6.32. The van der Waals surface area contributed by atoms with Gasteiger partial charge in [0.1, 0.15) is 12.4 Å². The van der Waals surface area contributed by atoms with E-state index in [1.807, 2.05) is 36.4 Å². The monoisotopic (exact) mass is 362 g/mol.